The fourth-order valence-corrected chi connectivity index (χ4v) is 2.29. The van der Waals surface area contributed by atoms with Crippen molar-refractivity contribution < 1.29 is 0 Å². The Morgan fingerprint density at radius 1 is 1.42 bits per heavy atom. The third kappa shape index (κ3) is 3.03. The number of rotatable bonds is 3. The molecule has 0 saturated carbocycles. The lowest BCUT2D eigenvalue weighted by Gasteiger charge is -2.11. The third-order valence-corrected chi connectivity index (χ3v) is 3.42. The van der Waals surface area contributed by atoms with Gasteiger partial charge in [0, 0.05) is 10.0 Å². The molecule has 0 aliphatic rings. The van der Waals surface area contributed by atoms with Gasteiger partial charge in [0.05, 0.1) is 11.3 Å². The highest BCUT2D eigenvalue weighted by atomic mass is 79.9. The van der Waals surface area contributed by atoms with Crippen LogP contribution in [0.5, 0.6) is 0 Å². The highest BCUT2D eigenvalue weighted by molar-refractivity contribution is 9.10. The number of nitrogens with one attached hydrogen (secondary N) is 1. The van der Waals surface area contributed by atoms with E-state index in [4.69, 9.17) is 16.9 Å². The zero-order chi connectivity index (χ0) is 13.8. The van der Waals surface area contributed by atoms with E-state index in [1.54, 1.807) is 6.07 Å². The number of nitriles is 1. The number of aromatic nitrogens is 2. The molecule has 0 radical (unpaired) electrons. The van der Waals surface area contributed by atoms with E-state index in [0.717, 1.165) is 10.0 Å². The number of hydrogen-bond donors (Lipinski definition) is 1. The van der Waals surface area contributed by atoms with Gasteiger partial charge < -0.3 is 5.32 Å². The van der Waals surface area contributed by atoms with Crippen LogP contribution in [0.4, 0.5) is 11.5 Å². The van der Waals surface area contributed by atoms with Gasteiger partial charge in [0.15, 0.2) is 0 Å². The Labute approximate surface area is 124 Å². The summed E-state index contributed by atoms with van der Waals surface area (Å²) in [7, 11) is 0. The number of halogens is 2. The molecule has 0 spiro atoms. The highest BCUT2D eigenvalue weighted by Gasteiger charge is 2.10. The topological polar surface area (TPSA) is 61.6 Å². The summed E-state index contributed by atoms with van der Waals surface area (Å²) < 4.78 is 0.853. The van der Waals surface area contributed by atoms with Crippen molar-refractivity contribution in [2.75, 3.05) is 5.32 Å². The van der Waals surface area contributed by atoms with Crippen LogP contribution in [0.2, 0.25) is 5.15 Å². The number of anilines is 2. The van der Waals surface area contributed by atoms with Crippen LogP contribution in [0, 0.1) is 11.3 Å². The molecule has 0 fully saturated rings. The van der Waals surface area contributed by atoms with Crippen molar-refractivity contribution in [3.8, 4) is 6.07 Å². The van der Waals surface area contributed by atoms with Crippen LogP contribution in [-0.2, 0) is 6.42 Å². The first-order valence-electron chi connectivity index (χ1n) is 5.61. The SMILES string of the molecule is CCc1c(Cl)ncnc1Nc1ccc(Br)cc1C#N. The molecule has 6 heteroatoms. The first kappa shape index (κ1) is 13.8. The van der Waals surface area contributed by atoms with Gasteiger partial charge in [-0.25, -0.2) is 9.97 Å². The molecule has 2 rings (SSSR count). The van der Waals surface area contributed by atoms with E-state index in [9.17, 15) is 0 Å². The van der Waals surface area contributed by atoms with Crippen molar-refractivity contribution in [3.05, 3.63) is 45.3 Å². The van der Waals surface area contributed by atoms with Crippen molar-refractivity contribution in [2.24, 2.45) is 0 Å². The van der Waals surface area contributed by atoms with Gasteiger partial charge in [-0.15, -0.1) is 0 Å². The van der Waals surface area contributed by atoms with Crippen molar-refractivity contribution >= 4 is 39.0 Å². The van der Waals surface area contributed by atoms with Crippen molar-refractivity contribution in [2.45, 2.75) is 13.3 Å². The van der Waals surface area contributed by atoms with Gasteiger partial charge in [-0.05, 0) is 24.6 Å². The summed E-state index contributed by atoms with van der Waals surface area (Å²) in [5, 5.41) is 12.7. The minimum atomic E-state index is 0.426. The zero-order valence-electron chi connectivity index (χ0n) is 10.1. The lowest BCUT2D eigenvalue weighted by atomic mass is 10.2. The highest BCUT2D eigenvalue weighted by Crippen LogP contribution is 2.27. The molecule has 0 amide bonds. The second kappa shape index (κ2) is 6.00. The molecular weight excluding hydrogens is 328 g/mol. The normalized spacial score (nSPS) is 10.0. The maximum atomic E-state index is 9.13. The molecule has 0 bridgehead atoms. The van der Waals surface area contributed by atoms with Gasteiger partial charge in [-0.2, -0.15) is 5.26 Å². The van der Waals surface area contributed by atoms with E-state index in [0.29, 0.717) is 28.6 Å². The predicted molar refractivity (Wildman–Crippen MR) is 78.6 cm³/mol. The molecule has 1 aromatic carbocycles. The molecule has 0 saturated heterocycles. The predicted octanol–water partition coefficient (Wildman–Crippen LogP) is 4.07. The van der Waals surface area contributed by atoms with E-state index in [1.807, 2.05) is 19.1 Å². The van der Waals surface area contributed by atoms with E-state index < -0.39 is 0 Å². The molecule has 1 aromatic heterocycles. The van der Waals surface area contributed by atoms with E-state index in [-0.39, 0.29) is 0 Å². The molecule has 2 aromatic rings. The summed E-state index contributed by atoms with van der Waals surface area (Å²) in [6.45, 7) is 1.97. The maximum absolute atomic E-state index is 9.13. The quantitative estimate of drug-likeness (QED) is 0.858. The first-order chi connectivity index (χ1) is 9.15. The Kier molecular flexibility index (Phi) is 4.35. The first-order valence-corrected chi connectivity index (χ1v) is 6.78. The van der Waals surface area contributed by atoms with Crippen molar-refractivity contribution in [1.29, 1.82) is 5.26 Å². The number of benzene rings is 1. The molecule has 96 valence electrons. The van der Waals surface area contributed by atoms with Crippen LogP contribution in [0.15, 0.2) is 29.0 Å². The van der Waals surface area contributed by atoms with Gasteiger partial charge in [0.1, 0.15) is 23.4 Å². The standard InChI is InChI=1S/C13H10BrClN4/c1-2-10-12(15)17-7-18-13(10)19-11-4-3-9(14)5-8(11)6-16/h3-5,7H,2H2,1H3,(H,17,18,19). The maximum Gasteiger partial charge on any atom is 0.138 e. The lowest BCUT2D eigenvalue weighted by Crippen LogP contribution is -2.02. The Balaban J connectivity index is 2.42. The van der Waals surface area contributed by atoms with E-state index >= 15 is 0 Å². The second-order valence-electron chi connectivity index (χ2n) is 3.77. The van der Waals surface area contributed by atoms with Gasteiger partial charge in [0.2, 0.25) is 0 Å². The van der Waals surface area contributed by atoms with Crippen LogP contribution >= 0.6 is 27.5 Å². The minimum Gasteiger partial charge on any atom is -0.339 e. The minimum absolute atomic E-state index is 0.426. The molecule has 1 N–H and O–H groups in total. The molecule has 0 aliphatic heterocycles. The summed E-state index contributed by atoms with van der Waals surface area (Å²) >= 11 is 9.37. The van der Waals surface area contributed by atoms with Crippen molar-refractivity contribution in [1.82, 2.24) is 9.97 Å². The fourth-order valence-electron chi connectivity index (χ4n) is 1.66. The molecular formula is C13H10BrClN4. The molecule has 0 atom stereocenters. The fraction of sp³-hybridized carbons (Fsp3) is 0.154. The third-order valence-electron chi connectivity index (χ3n) is 2.60. The molecule has 19 heavy (non-hydrogen) atoms. The summed E-state index contributed by atoms with van der Waals surface area (Å²) in [5.74, 6) is 0.626. The smallest absolute Gasteiger partial charge is 0.138 e. The van der Waals surface area contributed by atoms with Crippen LogP contribution in [0.3, 0.4) is 0 Å². The monoisotopic (exact) mass is 336 g/mol. The van der Waals surface area contributed by atoms with Gasteiger partial charge in [0.25, 0.3) is 0 Å². The molecule has 0 aliphatic carbocycles. The summed E-state index contributed by atoms with van der Waals surface area (Å²) in [4.78, 5) is 8.13. The zero-order valence-corrected chi connectivity index (χ0v) is 12.5. The average molecular weight is 338 g/mol. The number of hydrogen-bond acceptors (Lipinski definition) is 4. The Morgan fingerprint density at radius 2 is 2.21 bits per heavy atom. The molecule has 1 heterocycles. The van der Waals surface area contributed by atoms with E-state index in [2.05, 4.69) is 37.3 Å². The number of nitrogens with zero attached hydrogens (tertiary/aromatic N) is 3. The largest absolute Gasteiger partial charge is 0.339 e. The Morgan fingerprint density at radius 3 is 2.89 bits per heavy atom. The van der Waals surface area contributed by atoms with Crippen molar-refractivity contribution in [3.63, 3.8) is 0 Å². The lowest BCUT2D eigenvalue weighted by molar-refractivity contribution is 1.05. The Bertz CT molecular complexity index is 652. The second-order valence-corrected chi connectivity index (χ2v) is 5.05. The Hall–Kier alpha value is -1.64. The van der Waals surface area contributed by atoms with Crippen LogP contribution in [0.25, 0.3) is 0 Å². The van der Waals surface area contributed by atoms with Crippen LogP contribution in [-0.4, -0.2) is 9.97 Å². The van der Waals surface area contributed by atoms with Gasteiger partial charge in [-0.3, -0.25) is 0 Å². The summed E-state index contributed by atoms with van der Waals surface area (Å²) in [5.41, 5.74) is 2.05. The average Bonchev–Trinajstić information content (AvgIpc) is 2.41. The van der Waals surface area contributed by atoms with Crippen LogP contribution < -0.4 is 5.32 Å². The van der Waals surface area contributed by atoms with Gasteiger partial charge >= 0.3 is 0 Å². The summed E-state index contributed by atoms with van der Waals surface area (Å²) in [6, 6.07) is 7.56. The molecule has 4 nitrogen and oxygen atoms in total. The van der Waals surface area contributed by atoms with E-state index in [1.165, 1.54) is 6.33 Å². The summed E-state index contributed by atoms with van der Waals surface area (Å²) in [6.07, 6.45) is 2.11. The molecule has 0 unspecified atom stereocenters. The van der Waals surface area contributed by atoms with Crippen LogP contribution in [0.1, 0.15) is 18.1 Å². The van der Waals surface area contributed by atoms with Gasteiger partial charge in [-0.1, -0.05) is 34.5 Å².